The number of halogens is 1. The molecule has 2 amide bonds. The molecule has 5 rings (SSSR count). The van der Waals surface area contributed by atoms with Gasteiger partial charge in [0, 0.05) is 13.2 Å². The van der Waals surface area contributed by atoms with E-state index in [1.54, 1.807) is 42.5 Å². The van der Waals surface area contributed by atoms with Crippen LogP contribution in [0.5, 0.6) is 0 Å². The SMILES string of the molecule is COC(=O)c1ccc([C@H](C(=O)NC[C@H]2CCCO2)N(C(=O)Cn2nnc3ccccc32)c2ccccc2F)cc1. The van der Waals surface area contributed by atoms with E-state index in [0.717, 1.165) is 17.7 Å². The van der Waals surface area contributed by atoms with Crippen LogP contribution in [-0.2, 0) is 25.6 Å². The number of rotatable bonds is 9. The monoisotopic (exact) mass is 545 g/mol. The molecule has 40 heavy (non-hydrogen) atoms. The zero-order chi connectivity index (χ0) is 28.1. The minimum atomic E-state index is -1.27. The first-order valence-electron chi connectivity index (χ1n) is 12.9. The molecule has 1 aliphatic rings. The van der Waals surface area contributed by atoms with Gasteiger partial charge in [0.1, 0.15) is 23.9 Å². The maximum absolute atomic E-state index is 15.3. The number of anilines is 1. The molecule has 0 unspecified atom stereocenters. The number of carbonyl (C=O) groups is 3. The van der Waals surface area contributed by atoms with E-state index in [0.29, 0.717) is 23.2 Å². The van der Waals surface area contributed by atoms with Gasteiger partial charge in [-0.05, 0) is 54.8 Å². The average molecular weight is 546 g/mol. The summed E-state index contributed by atoms with van der Waals surface area (Å²) in [6, 6.07) is 17.7. The summed E-state index contributed by atoms with van der Waals surface area (Å²) in [5.74, 6) is -2.34. The van der Waals surface area contributed by atoms with Gasteiger partial charge in [-0.15, -0.1) is 5.10 Å². The number of benzene rings is 3. The van der Waals surface area contributed by atoms with E-state index < -0.39 is 29.6 Å². The number of carbonyl (C=O) groups excluding carboxylic acids is 3. The molecule has 1 aromatic heterocycles. The molecule has 0 spiro atoms. The topological polar surface area (TPSA) is 116 Å². The number of amides is 2. The largest absolute Gasteiger partial charge is 0.465 e. The van der Waals surface area contributed by atoms with E-state index >= 15 is 4.39 Å². The van der Waals surface area contributed by atoms with Gasteiger partial charge in [0.25, 0.3) is 0 Å². The molecule has 0 radical (unpaired) electrons. The molecular formula is C29H28FN5O5. The van der Waals surface area contributed by atoms with Crippen molar-refractivity contribution in [2.45, 2.75) is 31.5 Å². The third-order valence-electron chi connectivity index (χ3n) is 6.77. The van der Waals surface area contributed by atoms with Gasteiger partial charge >= 0.3 is 5.97 Å². The first-order valence-corrected chi connectivity index (χ1v) is 12.9. The van der Waals surface area contributed by atoms with Gasteiger partial charge in [-0.2, -0.15) is 0 Å². The summed E-state index contributed by atoms with van der Waals surface area (Å²) in [4.78, 5) is 41.0. The molecule has 3 aromatic carbocycles. The summed E-state index contributed by atoms with van der Waals surface area (Å²) >= 11 is 0. The summed E-state index contributed by atoms with van der Waals surface area (Å²) in [5, 5.41) is 11.1. The van der Waals surface area contributed by atoms with E-state index in [2.05, 4.69) is 15.6 Å². The molecule has 1 fully saturated rings. The van der Waals surface area contributed by atoms with E-state index in [-0.39, 0.29) is 30.4 Å². The van der Waals surface area contributed by atoms with Crippen LogP contribution >= 0.6 is 0 Å². The van der Waals surface area contributed by atoms with Gasteiger partial charge in [-0.25, -0.2) is 13.9 Å². The minimum Gasteiger partial charge on any atom is -0.465 e. The van der Waals surface area contributed by atoms with E-state index in [1.165, 1.54) is 42.1 Å². The Morgan fingerprint density at radius 3 is 2.58 bits per heavy atom. The molecule has 0 bridgehead atoms. The number of hydrogen-bond acceptors (Lipinski definition) is 7. The summed E-state index contributed by atoms with van der Waals surface area (Å²) in [6.45, 7) is 0.553. The van der Waals surface area contributed by atoms with Gasteiger partial charge in [0.2, 0.25) is 11.8 Å². The number of aromatic nitrogens is 3. The number of esters is 1. The number of nitrogens with one attached hydrogen (secondary N) is 1. The standard InChI is InChI=1S/C29H28FN5O5/c1-39-29(38)20-14-12-19(13-15-20)27(28(37)31-17-21-7-6-16-40-21)35(24-10-4-2-8-22(24)30)26(36)18-34-25-11-5-3-9-23(25)32-33-34/h2-5,8-15,21,27H,6-7,16-18H2,1H3,(H,31,37)/t21-,27-/m1/s1. The third-order valence-corrected chi connectivity index (χ3v) is 6.77. The molecule has 1 N–H and O–H groups in total. The Morgan fingerprint density at radius 1 is 1.10 bits per heavy atom. The maximum Gasteiger partial charge on any atom is 0.337 e. The molecule has 1 aliphatic heterocycles. The van der Waals surface area contributed by atoms with E-state index in [4.69, 9.17) is 9.47 Å². The highest BCUT2D eigenvalue weighted by molar-refractivity contribution is 6.01. The fourth-order valence-corrected chi connectivity index (χ4v) is 4.76. The maximum atomic E-state index is 15.3. The number of fused-ring (bicyclic) bond motifs is 1. The fourth-order valence-electron chi connectivity index (χ4n) is 4.76. The predicted molar refractivity (Wildman–Crippen MR) is 144 cm³/mol. The Kier molecular flexibility index (Phi) is 8.11. The number of para-hydroxylation sites is 2. The van der Waals surface area contributed by atoms with Gasteiger partial charge < -0.3 is 14.8 Å². The molecule has 2 atom stereocenters. The zero-order valence-corrected chi connectivity index (χ0v) is 21.8. The molecule has 4 aromatic rings. The Hall–Kier alpha value is -4.64. The Morgan fingerprint density at radius 2 is 1.85 bits per heavy atom. The number of ether oxygens (including phenoxy) is 2. The lowest BCUT2D eigenvalue weighted by Crippen LogP contribution is -2.47. The van der Waals surface area contributed by atoms with Crippen LogP contribution in [0.25, 0.3) is 11.0 Å². The Bertz CT molecular complexity index is 1520. The molecule has 0 aliphatic carbocycles. The van der Waals surface area contributed by atoms with E-state index in [1.807, 2.05) is 0 Å². The van der Waals surface area contributed by atoms with Crippen LogP contribution in [0.4, 0.5) is 10.1 Å². The lowest BCUT2D eigenvalue weighted by atomic mass is 10.0. The second-order valence-corrected chi connectivity index (χ2v) is 9.35. The fraction of sp³-hybridized carbons (Fsp3) is 0.276. The number of methoxy groups -OCH3 is 1. The van der Waals surface area contributed by atoms with Crippen molar-refractivity contribution in [1.82, 2.24) is 20.3 Å². The lowest BCUT2D eigenvalue weighted by molar-refractivity contribution is -0.127. The van der Waals surface area contributed by atoms with Crippen LogP contribution in [0.3, 0.4) is 0 Å². The zero-order valence-electron chi connectivity index (χ0n) is 21.8. The molecule has 11 heteroatoms. The highest BCUT2D eigenvalue weighted by Gasteiger charge is 2.35. The van der Waals surface area contributed by atoms with Crippen LogP contribution in [0.2, 0.25) is 0 Å². The molecular weight excluding hydrogens is 517 g/mol. The van der Waals surface area contributed by atoms with E-state index in [9.17, 15) is 14.4 Å². The van der Waals surface area contributed by atoms with Crippen molar-refractivity contribution in [1.29, 1.82) is 0 Å². The first-order chi connectivity index (χ1) is 19.5. The third kappa shape index (κ3) is 5.69. The Labute approximate surface area is 229 Å². The van der Waals surface area contributed by atoms with Crippen molar-refractivity contribution in [3.05, 3.63) is 89.7 Å². The lowest BCUT2D eigenvalue weighted by Gasteiger charge is -2.32. The van der Waals surface area contributed by atoms with Gasteiger partial charge in [0.15, 0.2) is 0 Å². The van der Waals surface area contributed by atoms with Crippen LogP contribution < -0.4 is 10.2 Å². The molecule has 2 heterocycles. The highest BCUT2D eigenvalue weighted by Crippen LogP contribution is 2.31. The van der Waals surface area contributed by atoms with Crippen molar-refractivity contribution in [3.63, 3.8) is 0 Å². The second kappa shape index (κ2) is 12.0. The van der Waals surface area contributed by atoms with Crippen LogP contribution in [0.1, 0.15) is 34.8 Å². The van der Waals surface area contributed by atoms with Crippen molar-refractivity contribution >= 4 is 34.5 Å². The quantitative estimate of drug-likeness (QED) is 0.321. The second-order valence-electron chi connectivity index (χ2n) is 9.35. The predicted octanol–water partition coefficient (Wildman–Crippen LogP) is 3.43. The summed E-state index contributed by atoms with van der Waals surface area (Å²) < 4.78 is 27.1. The highest BCUT2D eigenvalue weighted by atomic mass is 19.1. The Balaban J connectivity index is 1.55. The van der Waals surface area contributed by atoms with Crippen molar-refractivity contribution in [3.8, 4) is 0 Å². The van der Waals surface area contributed by atoms with Crippen LogP contribution in [0, 0.1) is 5.82 Å². The van der Waals surface area contributed by atoms with Gasteiger partial charge in [-0.3, -0.25) is 14.5 Å². The number of nitrogens with zero attached hydrogens (tertiary/aromatic N) is 4. The normalized spacial score (nSPS) is 15.5. The van der Waals surface area contributed by atoms with Crippen molar-refractivity contribution in [2.24, 2.45) is 0 Å². The first kappa shape index (κ1) is 26.9. The molecule has 206 valence electrons. The molecule has 0 saturated carbocycles. The minimum absolute atomic E-state index is 0.0776. The smallest absolute Gasteiger partial charge is 0.337 e. The van der Waals surface area contributed by atoms with Crippen LogP contribution in [0.15, 0.2) is 72.8 Å². The molecule has 10 nitrogen and oxygen atoms in total. The van der Waals surface area contributed by atoms with Crippen molar-refractivity contribution < 1.29 is 28.2 Å². The average Bonchev–Trinajstić information content (AvgIpc) is 3.65. The summed E-state index contributed by atoms with van der Waals surface area (Å²) in [6.07, 6.45) is 1.55. The van der Waals surface area contributed by atoms with Crippen molar-refractivity contribution in [2.75, 3.05) is 25.2 Å². The summed E-state index contributed by atoms with van der Waals surface area (Å²) in [5.41, 5.74) is 1.77. The number of hydrogen-bond donors (Lipinski definition) is 1. The summed E-state index contributed by atoms with van der Waals surface area (Å²) in [7, 11) is 1.27. The van der Waals surface area contributed by atoms with Crippen LogP contribution in [-0.4, -0.2) is 59.1 Å². The van der Waals surface area contributed by atoms with Gasteiger partial charge in [-0.1, -0.05) is 41.6 Å². The molecule has 1 saturated heterocycles. The van der Waals surface area contributed by atoms with Gasteiger partial charge in [0.05, 0.1) is 30.0 Å².